The molecular formula is C11H19NO4. The summed E-state index contributed by atoms with van der Waals surface area (Å²) in [6.07, 6.45) is 0.367. The third kappa shape index (κ3) is 2.52. The molecule has 0 spiro atoms. The quantitative estimate of drug-likeness (QED) is 0.700. The number of hydrogen-bond acceptors (Lipinski definition) is 4. The van der Waals surface area contributed by atoms with Crippen molar-refractivity contribution in [1.82, 2.24) is 4.90 Å². The number of likely N-dealkylation sites (tertiary alicyclic amines) is 1. The lowest BCUT2D eigenvalue weighted by Crippen LogP contribution is -2.43. The van der Waals surface area contributed by atoms with Crippen molar-refractivity contribution < 1.29 is 19.4 Å². The van der Waals surface area contributed by atoms with Crippen LogP contribution >= 0.6 is 0 Å². The second-order valence-corrected chi connectivity index (χ2v) is 4.23. The van der Waals surface area contributed by atoms with E-state index in [9.17, 15) is 14.7 Å². The number of amides is 1. The van der Waals surface area contributed by atoms with E-state index in [2.05, 4.69) is 4.74 Å². The SMILES string of the molecule is CCC(C)C(=O)N1CC(O)CC1C(=O)OC. The van der Waals surface area contributed by atoms with Crippen molar-refractivity contribution >= 4 is 11.9 Å². The van der Waals surface area contributed by atoms with Crippen molar-refractivity contribution in [3.63, 3.8) is 0 Å². The summed E-state index contributed by atoms with van der Waals surface area (Å²) in [6, 6.07) is -0.624. The first-order chi connectivity index (χ1) is 7.51. The molecule has 0 bridgehead atoms. The highest BCUT2D eigenvalue weighted by Gasteiger charge is 2.40. The Morgan fingerprint density at radius 3 is 2.69 bits per heavy atom. The van der Waals surface area contributed by atoms with E-state index in [1.165, 1.54) is 12.0 Å². The molecule has 1 aliphatic heterocycles. The fourth-order valence-corrected chi connectivity index (χ4v) is 1.87. The number of hydrogen-bond donors (Lipinski definition) is 1. The molecule has 1 heterocycles. The Morgan fingerprint density at radius 2 is 2.19 bits per heavy atom. The zero-order chi connectivity index (χ0) is 12.3. The Morgan fingerprint density at radius 1 is 1.56 bits per heavy atom. The number of β-amino-alcohol motifs (C(OH)–C–C–N with tert-alkyl or cyclic N) is 1. The molecule has 92 valence electrons. The molecule has 5 heteroatoms. The van der Waals surface area contributed by atoms with Gasteiger partial charge in [0, 0.05) is 18.9 Å². The van der Waals surface area contributed by atoms with Crippen LogP contribution in [0.5, 0.6) is 0 Å². The summed E-state index contributed by atoms with van der Waals surface area (Å²) in [4.78, 5) is 24.9. The first-order valence-electron chi connectivity index (χ1n) is 5.57. The lowest BCUT2D eigenvalue weighted by molar-refractivity contribution is -0.152. The van der Waals surface area contributed by atoms with Crippen LogP contribution in [0.1, 0.15) is 26.7 Å². The Bertz CT molecular complexity index is 279. The van der Waals surface area contributed by atoms with Crippen molar-refractivity contribution in [2.24, 2.45) is 5.92 Å². The first kappa shape index (κ1) is 13.0. The molecule has 0 aromatic heterocycles. The summed E-state index contributed by atoms with van der Waals surface area (Å²) < 4.78 is 4.63. The molecule has 0 aromatic carbocycles. The highest BCUT2D eigenvalue weighted by Crippen LogP contribution is 2.22. The molecule has 1 saturated heterocycles. The smallest absolute Gasteiger partial charge is 0.328 e. The zero-order valence-electron chi connectivity index (χ0n) is 9.97. The van der Waals surface area contributed by atoms with Crippen LogP contribution in [-0.2, 0) is 14.3 Å². The molecule has 0 radical (unpaired) electrons. The van der Waals surface area contributed by atoms with Crippen LogP contribution in [0, 0.1) is 5.92 Å². The number of esters is 1. The van der Waals surface area contributed by atoms with Crippen LogP contribution in [0.4, 0.5) is 0 Å². The van der Waals surface area contributed by atoms with Gasteiger partial charge in [-0.1, -0.05) is 13.8 Å². The maximum absolute atomic E-state index is 12.0. The number of nitrogens with zero attached hydrogens (tertiary/aromatic N) is 1. The molecule has 1 fully saturated rings. The highest BCUT2D eigenvalue weighted by atomic mass is 16.5. The van der Waals surface area contributed by atoms with E-state index in [0.29, 0.717) is 0 Å². The average Bonchev–Trinajstić information content (AvgIpc) is 2.68. The molecule has 0 aliphatic carbocycles. The molecule has 1 amide bonds. The highest BCUT2D eigenvalue weighted by molar-refractivity contribution is 5.86. The number of carbonyl (C=O) groups is 2. The summed E-state index contributed by atoms with van der Waals surface area (Å²) in [6.45, 7) is 3.96. The van der Waals surface area contributed by atoms with Crippen molar-refractivity contribution in [3.8, 4) is 0 Å². The first-order valence-corrected chi connectivity index (χ1v) is 5.57. The van der Waals surface area contributed by atoms with Crippen LogP contribution < -0.4 is 0 Å². The fourth-order valence-electron chi connectivity index (χ4n) is 1.87. The van der Waals surface area contributed by atoms with Gasteiger partial charge in [0.25, 0.3) is 0 Å². The predicted octanol–water partition coefficient (Wildman–Crippen LogP) is 0.167. The lowest BCUT2D eigenvalue weighted by Gasteiger charge is -2.25. The van der Waals surface area contributed by atoms with Gasteiger partial charge >= 0.3 is 5.97 Å². The molecule has 16 heavy (non-hydrogen) atoms. The lowest BCUT2D eigenvalue weighted by atomic mass is 10.1. The molecule has 0 saturated carbocycles. The van der Waals surface area contributed by atoms with Crippen LogP contribution in [0.2, 0.25) is 0 Å². The molecule has 3 atom stereocenters. The van der Waals surface area contributed by atoms with Crippen molar-refractivity contribution in [1.29, 1.82) is 0 Å². The van der Waals surface area contributed by atoms with Crippen LogP contribution in [0.3, 0.4) is 0 Å². The van der Waals surface area contributed by atoms with Gasteiger partial charge < -0.3 is 14.7 Å². The number of carbonyl (C=O) groups excluding carboxylic acids is 2. The zero-order valence-corrected chi connectivity index (χ0v) is 9.97. The monoisotopic (exact) mass is 229 g/mol. The number of ether oxygens (including phenoxy) is 1. The van der Waals surface area contributed by atoms with E-state index in [-0.39, 0.29) is 24.8 Å². The van der Waals surface area contributed by atoms with Gasteiger partial charge in [0.1, 0.15) is 6.04 Å². The van der Waals surface area contributed by atoms with E-state index in [4.69, 9.17) is 0 Å². The third-order valence-electron chi connectivity index (χ3n) is 3.07. The van der Waals surface area contributed by atoms with Crippen molar-refractivity contribution in [2.75, 3.05) is 13.7 Å². The Labute approximate surface area is 95.4 Å². The minimum Gasteiger partial charge on any atom is -0.467 e. The van der Waals surface area contributed by atoms with E-state index in [1.54, 1.807) is 0 Å². The van der Waals surface area contributed by atoms with Crippen molar-refractivity contribution in [2.45, 2.75) is 38.8 Å². The largest absolute Gasteiger partial charge is 0.467 e. The van der Waals surface area contributed by atoms with Gasteiger partial charge in [-0.3, -0.25) is 4.79 Å². The summed E-state index contributed by atoms with van der Waals surface area (Å²) in [5, 5.41) is 9.52. The maximum atomic E-state index is 12.0. The number of methoxy groups -OCH3 is 1. The standard InChI is InChI=1S/C11H19NO4/c1-4-7(2)10(14)12-6-8(13)5-9(12)11(15)16-3/h7-9,13H,4-6H2,1-3H3. The summed E-state index contributed by atoms with van der Waals surface area (Å²) in [5.74, 6) is -0.667. The van der Waals surface area contributed by atoms with Crippen LogP contribution in [-0.4, -0.2) is 47.7 Å². The summed E-state index contributed by atoms with van der Waals surface area (Å²) in [7, 11) is 1.29. The molecular weight excluding hydrogens is 210 g/mol. The number of aliphatic hydroxyl groups is 1. The topological polar surface area (TPSA) is 66.8 Å². The third-order valence-corrected chi connectivity index (χ3v) is 3.07. The van der Waals surface area contributed by atoms with Gasteiger partial charge in [-0.05, 0) is 6.42 Å². The molecule has 1 aliphatic rings. The predicted molar refractivity (Wildman–Crippen MR) is 57.6 cm³/mol. The van der Waals surface area contributed by atoms with Gasteiger partial charge in [-0.25, -0.2) is 4.79 Å². The molecule has 3 unspecified atom stereocenters. The molecule has 0 aromatic rings. The Hall–Kier alpha value is -1.10. The molecule has 1 rings (SSSR count). The van der Waals surface area contributed by atoms with Gasteiger partial charge in [-0.15, -0.1) is 0 Å². The normalized spacial score (nSPS) is 26.6. The van der Waals surface area contributed by atoms with Gasteiger partial charge in [-0.2, -0.15) is 0 Å². The van der Waals surface area contributed by atoms with Gasteiger partial charge in [0.2, 0.25) is 5.91 Å². The van der Waals surface area contributed by atoms with Crippen LogP contribution in [0.25, 0.3) is 0 Å². The number of rotatable bonds is 3. The fraction of sp³-hybridized carbons (Fsp3) is 0.818. The summed E-state index contributed by atoms with van der Waals surface area (Å²) >= 11 is 0. The Kier molecular flexibility index (Phi) is 4.29. The molecule has 5 nitrogen and oxygen atoms in total. The minimum absolute atomic E-state index is 0.0885. The summed E-state index contributed by atoms with van der Waals surface area (Å²) in [5.41, 5.74) is 0. The van der Waals surface area contributed by atoms with Crippen LogP contribution in [0.15, 0.2) is 0 Å². The van der Waals surface area contributed by atoms with Crippen molar-refractivity contribution in [3.05, 3.63) is 0 Å². The minimum atomic E-state index is -0.628. The van der Waals surface area contributed by atoms with E-state index < -0.39 is 18.1 Å². The average molecular weight is 229 g/mol. The second kappa shape index (κ2) is 5.30. The molecule has 1 N–H and O–H groups in total. The number of aliphatic hydroxyl groups excluding tert-OH is 1. The maximum Gasteiger partial charge on any atom is 0.328 e. The second-order valence-electron chi connectivity index (χ2n) is 4.23. The van der Waals surface area contributed by atoms with E-state index >= 15 is 0 Å². The van der Waals surface area contributed by atoms with E-state index in [1.807, 2.05) is 13.8 Å². The van der Waals surface area contributed by atoms with E-state index in [0.717, 1.165) is 6.42 Å². The van der Waals surface area contributed by atoms with Gasteiger partial charge in [0.15, 0.2) is 0 Å². The Balaban J connectivity index is 2.77. The van der Waals surface area contributed by atoms with Gasteiger partial charge in [0.05, 0.1) is 13.2 Å².